The number of benzene rings is 1. The number of aliphatic hydroxyl groups is 1. The van der Waals surface area contributed by atoms with Crippen LogP contribution < -0.4 is 5.32 Å². The molecule has 2 aromatic rings. The van der Waals surface area contributed by atoms with Gasteiger partial charge < -0.3 is 15.2 Å². The molecule has 2 fully saturated rings. The lowest BCUT2D eigenvalue weighted by Crippen LogP contribution is -2.34. The Morgan fingerprint density at radius 1 is 1.46 bits per heavy atom. The van der Waals surface area contributed by atoms with Crippen molar-refractivity contribution in [3.63, 3.8) is 0 Å². The minimum absolute atomic E-state index is 0.0931. The molecule has 128 valence electrons. The minimum atomic E-state index is -0.928. The summed E-state index contributed by atoms with van der Waals surface area (Å²) in [6, 6.07) is 3.72. The van der Waals surface area contributed by atoms with Crippen LogP contribution in [0.4, 0.5) is 4.79 Å². The van der Waals surface area contributed by atoms with Gasteiger partial charge in [-0.1, -0.05) is 11.6 Å². The number of fused-ring (bicyclic) bond motifs is 2. The van der Waals surface area contributed by atoms with E-state index in [9.17, 15) is 9.90 Å². The number of carbonyl (C=O) groups is 1. The molecule has 24 heavy (non-hydrogen) atoms. The summed E-state index contributed by atoms with van der Waals surface area (Å²) in [4.78, 5) is 11.7. The second-order valence-corrected chi connectivity index (χ2v) is 7.61. The molecule has 1 amide bonds. The molecule has 4 rings (SSSR count). The molecule has 3 N–H and O–H groups in total. The lowest BCUT2D eigenvalue weighted by molar-refractivity contribution is 0.0288. The van der Waals surface area contributed by atoms with Crippen LogP contribution in [0.3, 0.4) is 0 Å². The predicted molar refractivity (Wildman–Crippen MR) is 89.8 cm³/mol. The van der Waals surface area contributed by atoms with Crippen LogP contribution >= 0.6 is 11.6 Å². The van der Waals surface area contributed by atoms with E-state index in [1.54, 1.807) is 12.3 Å². The third kappa shape index (κ3) is 2.54. The van der Waals surface area contributed by atoms with E-state index >= 15 is 0 Å². The molecule has 4 atom stereocenters. The number of halogens is 1. The molecule has 1 aromatic carbocycles. The molecule has 2 saturated carbocycles. The first kappa shape index (κ1) is 15.7. The normalized spacial score (nSPS) is 31.3. The van der Waals surface area contributed by atoms with Crippen LogP contribution in [-0.2, 0) is 10.3 Å². The Bertz CT molecular complexity index is 791. The second-order valence-electron chi connectivity index (χ2n) is 7.18. The van der Waals surface area contributed by atoms with Gasteiger partial charge in [-0.3, -0.25) is 5.10 Å². The average Bonchev–Trinajstić information content (AvgIpc) is 2.90. The average molecular weight is 350 g/mol. The highest BCUT2D eigenvalue weighted by atomic mass is 35.5. The molecule has 0 saturated heterocycles. The van der Waals surface area contributed by atoms with E-state index < -0.39 is 5.60 Å². The van der Waals surface area contributed by atoms with Crippen molar-refractivity contribution in [1.29, 1.82) is 0 Å². The second kappa shape index (κ2) is 5.36. The Labute approximate surface area is 144 Å². The van der Waals surface area contributed by atoms with Crippen molar-refractivity contribution in [2.24, 2.45) is 11.8 Å². The van der Waals surface area contributed by atoms with Crippen LogP contribution in [0.25, 0.3) is 10.9 Å². The molecule has 0 unspecified atom stereocenters. The lowest BCUT2D eigenvalue weighted by Gasteiger charge is -2.27. The molecular formula is C17H20ClN3O3. The maximum Gasteiger partial charge on any atom is 0.407 e. The van der Waals surface area contributed by atoms with Crippen LogP contribution in [-0.4, -0.2) is 33.5 Å². The number of aromatic amines is 1. The molecule has 0 aliphatic heterocycles. The summed E-state index contributed by atoms with van der Waals surface area (Å²) in [7, 11) is 0. The molecule has 0 radical (unpaired) electrons. The number of amides is 1. The highest BCUT2D eigenvalue weighted by Gasteiger charge is 2.62. The first-order chi connectivity index (χ1) is 11.4. The summed E-state index contributed by atoms with van der Waals surface area (Å²) >= 11 is 6.18. The Hall–Kier alpha value is -1.79. The zero-order chi connectivity index (χ0) is 17.1. The van der Waals surface area contributed by atoms with Crippen LogP contribution in [0.5, 0.6) is 0 Å². The number of alkyl carbamates (subject to hydrolysis) is 1. The first-order valence-electron chi connectivity index (χ1n) is 8.20. The molecular weight excluding hydrogens is 330 g/mol. The van der Waals surface area contributed by atoms with E-state index in [0.29, 0.717) is 17.9 Å². The Morgan fingerprint density at radius 2 is 2.17 bits per heavy atom. The molecule has 0 spiro atoms. The van der Waals surface area contributed by atoms with Crippen molar-refractivity contribution >= 4 is 28.6 Å². The van der Waals surface area contributed by atoms with Crippen LogP contribution in [0.2, 0.25) is 5.02 Å². The van der Waals surface area contributed by atoms with Gasteiger partial charge in [-0.25, -0.2) is 4.79 Å². The minimum Gasteiger partial charge on any atom is -0.447 e. The number of hydrogen-bond acceptors (Lipinski definition) is 4. The summed E-state index contributed by atoms with van der Waals surface area (Å²) in [5, 5.41) is 22.5. The van der Waals surface area contributed by atoms with Crippen molar-refractivity contribution < 1.29 is 14.6 Å². The number of aromatic nitrogens is 2. The van der Waals surface area contributed by atoms with Gasteiger partial charge in [0.2, 0.25) is 0 Å². The van der Waals surface area contributed by atoms with E-state index in [4.69, 9.17) is 16.3 Å². The fourth-order valence-corrected chi connectivity index (χ4v) is 4.30. The van der Waals surface area contributed by atoms with Crippen LogP contribution in [0.1, 0.15) is 32.3 Å². The van der Waals surface area contributed by atoms with E-state index in [0.717, 1.165) is 16.5 Å². The number of nitrogens with one attached hydrogen (secondary N) is 2. The van der Waals surface area contributed by atoms with E-state index in [2.05, 4.69) is 15.5 Å². The third-order valence-electron chi connectivity index (χ3n) is 5.13. The Morgan fingerprint density at radius 3 is 2.83 bits per heavy atom. The summed E-state index contributed by atoms with van der Waals surface area (Å²) in [6.07, 6.45) is 2.41. The van der Waals surface area contributed by atoms with Crippen LogP contribution in [0.15, 0.2) is 18.3 Å². The summed E-state index contributed by atoms with van der Waals surface area (Å²) in [5.74, 6) is 0.547. The Kier molecular flexibility index (Phi) is 3.51. The van der Waals surface area contributed by atoms with E-state index in [-0.39, 0.29) is 30.1 Å². The van der Waals surface area contributed by atoms with Gasteiger partial charge in [-0.2, -0.15) is 5.10 Å². The Balaban J connectivity index is 1.50. The molecule has 2 aliphatic rings. The van der Waals surface area contributed by atoms with E-state index in [1.165, 1.54) is 0 Å². The van der Waals surface area contributed by atoms with Crippen molar-refractivity contribution in [2.45, 2.75) is 44.4 Å². The van der Waals surface area contributed by atoms with Gasteiger partial charge in [0.1, 0.15) is 0 Å². The van der Waals surface area contributed by atoms with E-state index in [1.807, 2.05) is 19.9 Å². The molecule has 7 heteroatoms. The number of rotatable bonds is 3. The number of carbonyl (C=O) groups excluding carboxylic acids is 1. The first-order valence-corrected chi connectivity index (χ1v) is 8.58. The van der Waals surface area contributed by atoms with Gasteiger partial charge in [0.15, 0.2) is 0 Å². The fourth-order valence-electron chi connectivity index (χ4n) is 4.08. The maximum absolute atomic E-state index is 11.7. The largest absolute Gasteiger partial charge is 0.447 e. The van der Waals surface area contributed by atoms with Gasteiger partial charge in [0.05, 0.1) is 23.4 Å². The quantitative estimate of drug-likeness (QED) is 0.795. The summed E-state index contributed by atoms with van der Waals surface area (Å²) in [6.45, 7) is 3.64. The highest BCUT2D eigenvalue weighted by molar-refractivity contribution is 6.31. The third-order valence-corrected chi connectivity index (χ3v) is 5.35. The van der Waals surface area contributed by atoms with Crippen molar-refractivity contribution in [3.8, 4) is 0 Å². The zero-order valence-corrected chi connectivity index (χ0v) is 14.3. The summed E-state index contributed by atoms with van der Waals surface area (Å²) < 4.78 is 5.12. The monoisotopic (exact) mass is 349 g/mol. The number of ether oxygens (including phenoxy) is 1. The standard InChI is InChI=1S/C17H20ClN3O3/c1-8(2)24-16(22)20-15-10-5-17(23,6-11(10)15)13-3-9(18)4-14-12(13)7-19-21-14/h3-4,7-8,10-11,15,23H,5-6H2,1-2H3,(H,19,21)(H,20,22)/t10-,11+,15+,17+. The highest BCUT2D eigenvalue weighted by Crippen LogP contribution is 2.60. The number of hydrogen-bond donors (Lipinski definition) is 3. The fraction of sp³-hybridized carbons (Fsp3) is 0.529. The van der Waals surface area contributed by atoms with Gasteiger partial charge in [-0.05, 0) is 56.2 Å². The smallest absolute Gasteiger partial charge is 0.407 e. The SMILES string of the molecule is CC(C)OC(=O)N[C@H]1[C@@H]2C[C@@](O)(c3cc(Cl)cc4[nH]ncc34)C[C@@H]21. The van der Waals surface area contributed by atoms with Crippen molar-refractivity contribution in [1.82, 2.24) is 15.5 Å². The van der Waals surface area contributed by atoms with Gasteiger partial charge in [-0.15, -0.1) is 0 Å². The molecule has 2 aliphatic carbocycles. The molecule has 0 bridgehead atoms. The molecule has 1 heterocycles. The maximum atomic E-state index is 11.7. The molecule has 1 aromatic heterocycles. The summed E-state index contributed by atoms with van der Waals surface area (Å²) in [5.41, 5.74) is 0.707. The van der Waals surface area contributed by atoms with Crippen LogP contribution in [0, 0.1) is 11.8 Å². The van der Waals surface area contributed by atoms with Gasteiger partial charge in [0.25, 0.3) is 0 Å². The lowest BCUT2D eigenvalue weighted by atomic mass is 9.86. The zero-order valence-electron chi connectivity index (χ0n) is 13.5. The number of H-pyrrole nitrogens is 1. The topological polar surface area (TPSA) is 87.2 Å². The molecule has 6 nitrogen and oxygen atoms in total. The van der Waals surface area contributed by atoms with Crippen molar-refractivity contribution in [2.75, 3.05) is 0 Å². The van der Waals surface area contributed by atoms with Crippen molar-refractivity contribution in [3.05, 3.63) is 28.9 Å². The predicted octanol–water partition coefficient (Wildman–Crippen LogP) is 2.95. The van der Waals surface area contributed by atoms with Gasteiger partial charge in [0, 0.05) is 16.5 Å². The van der Waals surface area contributed by atoms with Gasteiger partial charge >= 0.3 is 6.09 Å². The number of nitrogens with zero attached hydrogens (tertiary/aromatic N) is 1.